The van der Waals surface area contributed by atoms with Crippen LogP contribution in [0.2, 0.25) is 0 Å². The van der Waals surface area contributed by atoms with E-state index in [1.165, 1.54) is 0 Å². The van der Waals surface area contributed by atoms with Gasteiger partial charge in [-0.25, -0.2) is 0 Å². The van der Waals surface area contributed by atoms with Crippen molar-refractivity contribution in [2.45, 2.75) is 49.0 Å². The highest BCUT2D eigenvalue weighted by Crippen LogP contribution is 2.28. The minimum absolute atomic E-state index is 0.0221. The van der Waals surface area contributed by atoms with Crippen LogP contribution in [0.1, 0.15) is 36.5 Å². The Bertz CT molecular complexity index is 478. The Kier molecular flexibility index (Phi) is 5.99. The fraction of sp³-hybridized carbons (Fsp3) is 0.533. The molecule has 1 aromatic carbocycles. The van der Waals surface area contributed by atoms with Crippen molar-refractivity contribution >= 4 is 17.7 Å². The van der Waals surface area contributed by atoms with E-state index in [0.717, 1.165) is 25.9 Å². The number of carbonyl (C=O) groups is 1. The fourth-order valence-electron chi connectivity index (χ4n) is 2.48. The Labute approximate surface area is 127 Å². The van der Waals surface area contributed by atoms with Crippen molar-refractivity contribution in [2.24, 2.45) is 0 Å². The average molecular weight is 315 g/mol. The minimum Gasteiger partial charge on any atom is -0.376 e. The maximum absolute atomic E-state index is 12.5. The molecule has 6 heteroatoms. The third-order valence-electron chi connectivity index (χ3n) is 3.52. The van der Waals surface area contributed by atoms with E-state index in [0.29, 0.717) is 22.2 Å². The van der Waals surface area contributed by atoms with Crippen LogP contribution in [-0.2, 0) is 4.74 Å². The maximum atomic E-state index is 12.5. The van der Waals surface area contributed by atoms with Crippen LogP contribution < -0.4 is 5.32 Å². The van der Waals surface area contributed by atoms with Gasteiger partial charge in [0, 0.05) is 11.5 Å². The number of rotatable bonds is 6. The van der Waals surface area contributed by atoms with E-state index >= 15 is 0 Å². The van der Waals surface area contributed by atoms with Gasteiger partial charge in [0.1, 0.15) is 0 Å². The molecular weight excluding hydrogens is 296 g/mol. The highest BCUT2D eigenvalue weighted by molar-refractivity contribution is 7.99. The summed E-state index contributed by atoms with van der Waals surface area (Å²) in [4.78, 5) is 12.6. The van der Waals surface area contributed by atoms with Gasteiger partial charge in [-0.15, -0.1) is 0 Å². The van der Waals surface area contributed by atoms with Crippen LogP contribution in [0.5, 0.6) is 0 Å². The van der Waals surface area contributed by atoms with Crippen LogP contribution >= 0.6 is 11.8 Å². The number of hydrogen-bond acceptors (Lipinski definition) is 3. The molecule has 21 heavy (non-hydrogen) atoms. The molecule has 2 rings (SSSR count). The third kappa shape index (κ3) is 4.41. The van der Waals surface area contributed by atoms with Crippen molar-refractivity contribution in [3.63, 3.8) is 0 Å². The van der Waals surface area contributed by atoms with Gasteiger partial charge in [0.15, 0.2) is 0 Å². The Morgan fingerprint density at radius 3 is 2.86 bits per heavy atom. The highest BCUT2D eigenvalue weighted by atomic mass is 32.2. The molecular formula is C15H19F2NO2S. The molecule has 0 unspecified atom stereocenters. The monoisotopic (exact) mass is 315 g/mol. The van der Waals surface area contributed by atoms with Gasteiger partial charge in [0.25, 0.3) is 11.7 Å². The second-order valence-corrected chi connectivity index (χ2v) is 5.95. The smallest absolute Gasteiger partial charge is 0.288 e. The van der Waals surface area contributed by atoms with Crippen molar-refractivity contribution in [3.05, 3.63) is 29.8 Å². The Morgan fingerprint density at radius 2 is 2.24 bits per heavy atom. The van der Waals surface area contributed by atoms with E-state index in [1.807, 2.05) is 6.92 Å². The van der Waals surface area contributed by atoms with Crippen LogP contribution in [0.4, 0.5) is 8.78 Å². The standard InChI is InChI=1S/C15H19F2NO2S/c1-2-11(12-7-5-9-20-12)18-14(19)10-6-3-4-8-13(10)21-15(16)17/h3-4,6,8,11-12,15H,2,5,7,9H2,1H3,(H,18,19)/t11-,12-/m0/s1. The van der Waals surface area contributed by atoms with Gasteiger partial charge >= 0.3 is 0 Å². The van der Waals surface area contributed by atoms with E-state index in [1.54, 1.807) is 24.3 Å². The van der Waals surface area contributed by atoms with E-state index in [-0.39, 0.29) is 18.1 Å². The summed E-state index contributed by atoms with van der Waals surface area (Å²) in [5.41, 5.74) is 0.291. The Balaban J connectivity index is 2.08. The topological polar surface area (TPSA) is 38.3 Å². The number of carbonyl (C=O) groups excluding carboxylic acids is 1. The number of amides is 1. The molecule has 2 atom stereocenters. The van der Waals surface area contributed by atoms with Crippen LogP contribution in [-0.4, -0.2) is 30.4 Å². The zero-order valence-electron chi connectivity index (χ0n) is 11.9. The van der Waals surface area contributed by atoms with Crippen molar-refractivity contribution in [1.29, 1.82) is 0 Å². The number of benzene rings is 1. The zero-order chi connectivity index (χ0) is 15.2. The third-order valence-corrected chi connectivity index (χ3v) is 4.31. The lowest BCUT2D eigenvalue weighted by atomic mass is 10.0. The van der Waals surface area contributed by atoms with Gasteiger partial charge in [-0.1, -0.05) is 30.8 Å². The molecule has 1 aliphatic rings. The number of ether oxygens (including phenoxy) is 1. The predicted molar refractivity (Wildman–Crippen MR) is 78.8 cm³/mol. The van der Waals surface area contributed by atoms with Gasteiger partial charge in [0.05, 0.1) is 17.7 Å². The summed E-state index contributed by atoms with van der Waals surface area (Å²) in [6.07, 6.45) is 2.69. The zero-order valence-corrected chi connectivity index (χ0v) is 12.7. The first-order valence-corrected chi connectivity index (χ1v) is 7.96. The van der Waals surface area contributed by atoms with Crippen LogP contribution in [0.3, 0.4) is 0 Å². The molecule has 1 N–H and O–H groups in total. The molecule has 0 saturated carbocycles. The SMILES string of the molecule is CC[C@H](NC(=O)c1ccccc1SC(F)F)[C@@H]1CCCO1. The second-order valence-electron chi connectivity index (χ2n) is 4.91. The summed E-state index contributed by atoms with van der Waals surface area (Å²) in [5.74, 6) is -2.86. The van der Waals surface area contributed by atoms with Gasteiger partial charge in [-0.2, -0.15) is 8.78 Å². The largest absolute Gasteiger partial charge is 0.376 e. The summed E-state index contributed by atoms with van der Waals surface area (Å²) in [6, 6.07) is 6.36. The van der Waals surface area contributed by atoms with Crippen molar-refractivity contribution in [3.8, 4) is 0 Å². The normalized spacial score (nSPS) is 19.7. The first-order valence-electron chi connectivity index (χ1n) is 7.08. The summed E-state index contributed by atoms with van der Waals surface area (Å²) in [6.45, 7) is 2.70. The lowest BCUT2D eigenvalue weighted by Gasteiger charge is -2.23. The van der Waals surface area contributed by atoms with Gasteiger partial charge in [-0.3, -0.25) is 4.79 Å². The number of thioether (sulfide) groups is 1. The van der Waals surface area contributed by atoms with E-state index < -0.39 is 5.76 Å². The summed E-state index contributed by atoms with van der Waals surface area (Å²) in [7, 11) is 0. The first-order chi connectivity index (χ1) is 10.1. The van der Waals surface area contributed by atoms with Gasteiger partial charge < -0.3 is 10.1 Å². The molecule has 0 aromatic heterocycles. The second kappa shape index (κ2) is 7.75. The molecule has 0 aliphatic carbocycles. The number of nitrogens with one attached hydrogen (secondary N) is 1. The highest BCUT2D eigenvalue weighted by Gasteiger charge is 2.27. The van der Waals surface area contributed by atoms with E-state index in [4.69, 9.17) is 4.74 Å². The predicted octanol–water partition coefficient (Wildman–Crippen LogP) is 3.69. The van der Waals surface area contributed by atoms with Crippen molar-refractivity contribution in [2.75, 3.05) is 6.61 Å². The maximum Gasteiger partial charge on any atom is 0.288 e. The van der Waals surface area contributed by atoms with E-state index in [2.05, 4.69) is 5.32 Å². The fourth-order valence-corrected chi connectivity index (χ4v) is 3.11. The molecule has 0 radical (unpaired) electrons. The number of alkyl halides is 2. The molecule has 116 valence electrons. The lowest BCUT2D eigenvalue weighted by Crippen LogP contribution is -2.42. The Hall–Kier alpha value is -1.14. The average Bonchev–Trinajstić information content (AvgIpc) is 2.98. The van der Waals surface area contributed by atoms with Gasteiger partial charge in [-0.05, 0) is 31.4 Å². The molecule has 1 amide bonds. The molecule has 3 nitrogen and oxygen atoms in total. The summed E-state index contributed by atoms with van der Waals surface area (Å²) < 4.78 is 30.7. The molecule has 1 aromatic rings. The Morgan fingerprint density at radius 1 is 1.48 bits per heavy atom. The number of halogens is 2. The van der Waals surface area contributed by atoms with Gasteiger partial charge in [0.2, 0.25) is 0 Å². The molecule has 0 spiro atoms. The minimum atomic E-state index is -2.54. The summed E-state index contributed by atoms with van der Waals surface area (Å²) in [5, 5.41) is 2.92. The molecule has 0 bridgehead atoms. The number of hydrogen-bond donors (Lipinski definition) is 1. The van der Waals surface area contributed by atoms with Crippen LogP contribution in [0, 0.1) is 0 Å². The molecule has 1 fully saturated rings. The summed E-state index contributed by atoms with van der Waals surface area (Å²) >= 11 is 0.395. The first kappa shape index (κ1) is 16.2. The van der Waals surface area contributed by atoms with E-state index in [9.17, 15) is 13.6 Å². The lowest BCUT2D eigenvalue weighted by molar-refractivity contribution is 0.0664. The van der Waals surface area contributed by atoms with Crippen LogP contribution in [0.25, 0.3) is 0 Å². The van der Waals surface area contributed by atoms with Crippen LogP contribution in [0.15, 0.2) is 29.2 Å². The van der Waals surface area contributed by atoms with Crippen molar-refractivity contribution < 1.29 is 18.3 Å². The molecule has 1 aliphatic heterocycles. The molecule has 1 saturated heterocycles. The van der Waals surface area contributed by atoms with Crippen molar-refractivity contribution in [1.82, 2.24) is 5.32 Å². The quantitative estimate of drug-likeness (QED) is 0.814. The molecule has 1 heterocycles.